The minimum atomic E-state index is -1.04. The molecule has 0 bridgehead atoms. The van der Waals surface area contributed by atoms with Gasteiger partial charge in [-0.05, 0) is 23.8 Å². The van der Waals surface area contributed by atoms with Gasteiger partial charge in [0.15, 0.2) is 11.5 Å². The zero-order valence-corrected chi connectivity index (χ0v) is 13.3. The van der Waals surface area contributed by atoms with Gasteiger partial charge in [-0.3, -0.25) is 0 Å². The Labute approximate surface area is 139 Å². The molecular weight excluding hydrogens is 320 g/mol. The zero-order valence-electron chi connectivity index (χ0n) is 13.3. The highest BCUT2D eigenvalue weighted by atomic mass is 16.5. The normalized spacial score (nSPS) is 13.7. The molecule has 1 rings (SSSR count). The number of hydrogen-bond acceptors (Lipinski definition) is 8. The fourth-order valence-electron chi connectivity index (χ4n) is 1.63. The molecule has 0 amide bonds. The summed E-state index contributed by atoms with van der Waals surface area (Å²) in [5.74, 6) is -0.383. The molecule has 4 N–H and O–H groups in total. The van der Waals surface area contributed by atoms with Gasteiger partial charge in [0.2, 0.25) is 0 Å². The Morgan fingerprint density at radius 1 is 1.21 bits per heavy atom. The van der Waals surface area contributed by atoms with Crippen LogP contribution in [0.2, 0.25) is 0 Å². The topological polar surface area (TPSA) is 126 Å². The van der Waals surface area contributed by atoms with Gasteiger partial charge in [0.25, 0.3) is 0 Å². The van der Waals surface area contributed by atoms with Crippen molar-refractivity contribution in [3.63, 3.8) is 0 Å². The second kappa shape index (κ2) is 10.6. The van der Waals surface area contributed by atoms with Crippen LogP contribution in [0.1, 0.15) is 5.56 Å². The van der Waals surface area contributed by atoms with Gasteiger partial charge in [-0.15, -0.1) is 0 Å². The van der Waals surface area contributed by atoms with Crippen LogP contribution in [0.4, 0.5) is 0 Å². The van der Waals surface area contributed by atoms with Gasteiger partial charge in [-0.1, -0.05) is 6.07 Å². The number of benzene rings is 1. The Kier molecular flexibility index (Phi) is 8.80. The van der Waals surface area contributed by atoms with Crippen molar-refractivity contribution in [2.75, 3.05) is 33.5 Å². The second-order valence-electron chi connectivity index (χ2n) is 4.92. The lowest BCUT2D eigenvalue weighted by atomic mass is 10.2. The van der Waals surface area contributed by atoms with Crippen molar-refractivity contribution in [1.82, 2.24) is 0 Å². The average molecular weight is 342 g/mol. The number of esters is 1. The van der Waals surface area contributed by atoms with Crippen LogP contribution < -0.4 is 4.74 Å². The number of rotatable bonds is 10. The fraction of sp³-hybridized carbons (Fsp3) is 0.438. The third-order valence-electron chi connectivity index (χ3n) is 2.86. The van der Waals surface area contributed by atoms with E-state index in [1.807, 2.05) is 0 Å². The molecule has 0 spiro atoms. The number of phenolic OH excluding ortho intramolecular Hbond substituents is 1. The highest BCUT2D eigenvalue weighted by Crippen LogP contribution is 2.26. The first-order chi connectivity index (χ1) is 11.5. The molecular formula is C16H22O8. The Morgan fingerprint density at radius 3 is 2.58 bits per heavy atom. The number of carbonyl (C=O) groups excluding carboxylic acids is 1. The van der Waals surface area contributed by atoms with Crippen molar-refractivity contribution >= 4 is 12.0 Å². The highest BCUT2D eigenvalue weighted by molar-refractivity contribution is 5.87. The minimum Gasteiger partial charge on any atom is -0.504 e. The predicted molar refractivity (Wildman–Crippen MR) is 84.6 cm³/mol. The highest BCUT2D eigenvalue weighted by Gasteiger charge is 2.09. The first kappa shape index (κ1) is 19.9. The van der Waals surface area contributed by atoms with E-state index in [0.717, 1.165) is 0 Å². The summed E-state index contributed by atoms with van der Waals surface area (Å²) >= 11 is 0. The summed E-state index contributed by atoms with van der Waals surface area (Å²) in [6, 6.07) is 4.58. The van der Waals surface area contributed by atoms with E-state index in [1.165, 1.54) is 25.3 Å². The minimum absolute atomic E-state index is 0.00772. The molecule has 2 unspecified atom stereocenters. The molecule has 0 saturated heterocycles. The fourth-order valence-corrected chi connectivity index (χ4v) is 1.63. The van der Waals surface area contributed by atoms with Gasteiger partial charge in [-0.2, -0.15) is 0 Å². The Balaban J connectivity index is 2.35. The number of carbonyl (C=O) groups is 1. The van der Waals surface area contributed by atoms with E-state index in [4.69, 9.17) is 24.4 Å². The van der Waals surface area contributed by atoms with Gasteiger partial charge in [0, 0.05) is 6.08 Å². The van der Waals surface area contributed by atoms with E-state index in [2.05, 4.69) is 0 Å². The lowest BCUT2D eigenvalue weighted by molar-refractivity contribution is -0.142. The molecule has 8 heteroatoms. The van der Waals surface area contributed by atoms with Crippen molar-refractivity contribution in [2.45, 2.75) is 12.2 Å². The summed E-state index contributed by atoms with van der Waals surface area (Å²) in [4.78, 5) is 11.6. The summed E-state index contributed by atoms with van der Waals surface area (Å²) in [5, 5.41) is 36.7. The molecule has 0 aliphatic rings. The van der Waals surface area contributed by atoms with Crippen molar-refractivity contribution < 1.29 is 39.4 Å². The number of hydrogen-bond donors (Lipinski definition) is 4. The van der Waals surface area contributed by atoms with Crippen LogP contribution in [0.5, 0.6) is 11.5 Å². The first-order valence-corrected chi connectivity index (χ1v) is 7.22. The third kappa shape index (κ3) is 7.42. The molecule has 24 heavy (non-hydrogen) atoms. The molecule has 0 saturated carbocycles. The third-order valence-corrected chi connectivity index (χ3v) is 2.86. The van der Waals surface area contributed by atoms with Gasteiger partial charge >= 0.3 is 5.97 Å². The second-order valence-corrected chi connectivity index (χ2v) is 4.92. The molecule has 0 radical (unpaired) electrons. The van der Waals surface area contributed by atoms with Crippen LogP contribution in [-0.2, 0) is 14.3 Å². The molecule has 0 aromatic heterocycles. The van der Waals surface area contributed by atoms with E-state index in [-0.39, 0.29) is 31.3 Å². The summed E-state index contributed by atoms with van der Waals surface area (Å²) < 4.78 is 14.7. The van der Waals surface area contributed by atoms with Gasteiger partial charge < -0.3 is 34.6 Å². The predicted octanol–water partition coefficient (Wildman–Crippen LogP) is -0.312. The van der Waals surface area contributed by atoms with Crippen LogP contribution in [0, 0.1) is 0 Å². The Morgan fingerprint density at radius 2 is 1.92 bits per heavy atom. The summed E-state index contributed by atoms with van der Waals surface area (Å²) in [6.45, 7) is -0.956. The van der Waals surface area contributed by atoms with Crippen molar-refractivity contribution in [2.24, 2.45) is 0 Å². The van der Waals surface area contributed by atoms with Crippen LogP contribution in [0.3, 0.4) is 0 Å². The summed E-state index contributed by atoms with van der Waals surface area (Å²) in [7, 11) is 1.42. The number of ether oxygens (including phenoxy) is 3. The molecule has 1 aromatic rings. The molecule has 0 fully saturated rings. The number of aliphatic hydroxyl groups is 3. The maximum Gasteiger partial charge on any atom is 0.330 e. The molecule has 8 nitrogen and oxygen atoms in total. The van der Waals surface area contributed by atoms with E-state index in [9.17, 15) is 15.0 Å². The quantitative estimate of drug-likeness (QED) is 0.337. The largest absolute Gasteiger partial charge is 0.504 e. The molecule has 134 valence electrons. The van der Waals surface area contributed by atoms with Crippen LogP contribution >= 0.6 is 0 Å². The van der Waals surface area contributed by atoms with Crippen LogP contribution in [0.15, 0.2) is 24.3 Å². The summed E-state index contributed by atoms with van der Waals surface area (Å²) in [5.41, 5.74) is 0.628. The number of aliphatic hydroxyl groups excluding tert-OH is 3. The van der Waals surface area contributed by atoms with Crippen molar-refractivity contribution in [3.8, 4) is 11.5 Å². The summed E-state index contributed by atoms with van der Waals surface area (Å²) in [6.07, 6.45) is 0.603. The van der Waals surface area contributed by atoms with Gasteiger partial charge in [0.1, 0.15) is 18.8 Å². The molecule has 1 aromatic carbocycles. The van der Waals surface area contributed by atoms with Gasteiger partial charge in [0.05, 0.1) is 26.9 Å². The zero-order chi connectivity index (χ0) is 17.9. The number of methoxy groups -OCH3 is 1. The van der Waals surface area contributed by atoms with Crippen LogP contribution in [0.25, 0.3) is 6.08 Å². The van der Waals surface area contributed by atoms with E-state index in [1.54, 1.807) is 12.1 Å². The Bertz CT molecular complexity index is 543. The smallest absolute Gasteiger partial charge is 0.330 e. The molecule has 0 heterocycles. The van der Waals surface area contributed by atoms with E-state index < -0.39 is 24.8 Å². The lowest BCUT2D eigenvalue weighted by Gasteiger charge is -2.12. The van der Waals surface area contributed by atoms with E-state index in [0.29, 0.717) is 5.56 Å². The monoisotopic (exact) mass is 342 g/mol. The van der Waals surface area contributed by atoms with E-state index >= 15 is 0 Å². The molecule has 0 aliphatic heterocycles. The maximum absolute atomic E-state index is 11.6. The average Bonchev–Trinajstić information content (AvgIpc) is 2.58. The first-order valence-electron chi connectivity index (χ1n) is 7.22. The Hall–Kier alpha value is -2.13. The number of phenols is 1. The standard InChI is InChI=1S/C16H22O8/c1-22-15-6-11(2-4-14(15)20)3-5-16(21)24-10-13(19)9-23-8-12(18)7-17/h2-6,12-13,17-20H,7-10H2,1H3/b5-3+. The molecule has 0 aliphatic carbocycles. The van der Waals surface area contributed by atoms with Gasteiger partial charge in [-0.25, -0.2) is 4.79 Å². The molecule has 2 atom stereocenters. The number of aromatic hydroxyl groups is 1. The van der Waals surface area contributed by atoms with Crippen molar-refractivity contribution in [1.29, 1.82) is 0 Å². The maximum atomic E-state index is 11.6. The lowest BCUT2D eigenvalue weighted by Crippen LogP contribution is -2.27. The van der Waals surface area contributed by atoms with Crippen molar-refractivity contribution in [3.05, 3.63) is 29.8 Å². The van der Waals surface area contributed by atoms with Crippen LogP contribution in [-0.4, -0.2) is 72.1 Å². The SMILES string of the molecule is COc1cc(/C=C/C(=O)OCC(O)COCC(O)CO)ccc1O.